The van der Waals surface area contributed by atoms with Crippen LogP contribution in [0.2, 0.25) is 5.02 Å². The van der Waals surface area contributed by atoms with Crippen molar-refractivity contribution in [2.24, 2.45) is 0 Å². The number of ether oxygens (including phenoxy) is 2. The zero-order chi connectivity index (χ0) is 27.7. The van der Waals surface area contributed by atoms with Crippen molar-refractivity contribution in [1.29, 1.82) is 0 Å². The Balaban J connectivity index is 1.35. The Hall–Kier alpha value is -4.16. The Morgan fingerprint density at radius 3 is 2.62 bits per heavy atom. The summed E-state index contributed by atoms with van der Waals surface area (Å²) in [5.41, 5.74) is 3.82. The third-order valence-electron chi connectivity index (χ3n) is 5.80. The Morgan fingerprint density at radius 2 is 1.87 bits per heavy atom. The first kappa shape index (κ1) is 26.4. The van der Waals surface area contributed by atoms with Crippen molar-refractivity contribution in [2.45, 2.75) is 13.8 Å². The van der Waals surface area contributed by atoms with Crippen LogP contribution in [0.4, 0.5) is 14.9 Å². The Labute approximate surface area is 231 Å². The fraction of sp³-hybridized carbons (Fsp3) is 0.231. The number of thiazole rings is 1. The van der Waals surface area contributed by atoms with E-state index < -0.39 is 5.82 Å². The number of methoxy groups -OCH3 is 1. The zero-order valence-electron chi connectivity index (χ0n) is 21.5. The average molecular weight is 568 g/mol. The van der Waals surface area contributed by atoms with Gasteiger partial charge in [0.15, 0.2) is 11.6 Å². The van der Waals surface area contributed by atoms with E-state index >= 15 is 4.39 Å². The monoisotopic (exact) mass is 567 g/mol. The van der Waals surface area contributed by atoms with E-state index in [0.29, 0.717) is 43.6 Å². The number of likely N-dealkylation sites (N-methyl/N-ethyl adjacent to an activating group) is 1. The second-order valence-corrected chi connectivity index (χ2v) is 10.1. The third kappa shape index (κ3) is 5.52. The highest BCUT2D eigenvalue weighted by Gasteiger charge is 2.20. The SMILES string of the molecule is COc1cnc2c(-c3nc4c(Cl)c(F)c(OCCN(C)C(=O)Nc5cnc(C)nc5)cc4s3)cc(C)cc2n1. The van der Waals surface area contributed by atoms with Crippen LogP contribution >= 0.6 is 22.9 Å². The Kier molecular flexibility index (Phi) is 7.40. The molecule has 0 fully saturated rings. The first-order valence-corrected chi connectivity index (χ1v) is 13.0. The van der Waals surface area contributed by atoms with Gasteiger partial charge in [-0.2, -0.15) is 0 Å². The maximum absolute atomic E-state index is 15.1. The second-order valence-electron chi connectivity index (χ2n) is 8.68. The number of aryl methyl sites for hydroxylation is 2. The summed E-state index contributed by atoms with van der Waals surface area (Å²) in [6.45, 7) is 3.93. The first-order chi connectivity index (χ1) is 18.7. The largest absolute Gasteiger partial charge is 0.489 e. The summed E-state index contributed by atoms with van der Waals surface area (Å²) in [5.74, 6) is 0.259. The molecule has 0 atom stereocenters. The number of rotatable bonds is 7. The third-order valence-corrected chi connectivity index (χ3v) is 7.18. The number of carbonyl (C=O) groups is 1. The van der Waals surface area contributed by atoms with E-state index in [1.807, 2.05) is 19.1 Å². The molecule has 0 saturated carbocycles. The molecule has 200 valence electrons. The van der Waals surface area contributed by atoms with Crippen molar-refractivity contribution >= 4 is 55.9 Å². The molecule has 2 aromatic carbocycles. The standard InChI is InChI=1S/C26H23ClFN7O3S/c1-13-7-16(23-17(8-13)33-20(37-4)12-31-23)25-34-24-19(39-25)9-18(22(28)21(24)27)38-6-5-35(3)26(36)32-15-10-29-14(2)30-11-15/h7-12H,5-6H2,1-4H3,(H,32,36). The van der Waals surface area contributed by atoms with Gasteiger partial charge in [-0.05, 0) is 31.5 Å². The summed E-state index contributed by atoms with van der Waals surface area (Å²) in [6, 6.07) is 5.05. The van der Waals surface area contributed by atoms with Crippen LogP contribution in [0.5, 0.6) is 11.6 Å². The van der Waals surface area contributed by atoms with Gasteiger partial charge in [-0.1, -0.05) is 11.6 Å². The van der Waals surface area contributed by atoms with E-state index in [2.05, 4.69) is 30.2 Å². The highest BCUT2D eigenvalue weighted by atomic mass is 35.5. The molecular weight excluding hydrogens is 545 g/mol. The lowest BCUT2D eigenvalue weighted by molar-refractivity contribution is 0.206. The number of fused-ring (bicyclic) bond motifs is 2. The number of anilines is 1. The molecule has 0 aliphatic heterocycles. The molecule has 0 radical (unpaired) electrons. The van der Waals surface area contributed by atoms with Gasteiger partial charge in [0, 0.05) is 18.7 Å². The fourth-order valence-electron chi connectivity index (χ4n) is 3.78. The molecular formula is C26H23ClFN7O3S. The molecule has 0 aliphatic rings. The van der Waals surface area contributed by atoms with E-state index in [1.54, 1.807) is 26.2 Å². The minimum atomic E-state index is -0.719. The summed E-state index contributed by atoms with van der Waals surface area (Å²) in [6.07, 6.45) is 4.58. The summed E-state index contributed by atoms with van der Waals surface area (Å²) in [7, 11) is 3.13. The van der Waals surface area contributed by atoms with Gasteiger partial charge in [0.05, 0.1) is 53.7 Å². The summed E-state index contributed by atoms with van der Waals surface area (Å²) < 4.78 is 26.6. The van der Waals surface area contributed by atoms with E-state index in [1.165, 1.54) is 35.7 Å². The average Bonchev–Trinajstić information content (AvgIpc) is 3.35. The molecule has 5 aromatic rings. The normalized spacial score (nSPS) is 11.1. The topological polar surface area (TPSA) is 115 Å². The van der Waals surface area contributed by atoms with Crippen molar-refractivity contribution in [1.82, 2.24) is 29.8 Å². The molecule has 3 heterocycles. The van der Waals surface area contributed by atoms with Crippen LogP contribution in [0.25, 0.3) is 31.8 Å². The predicted molar refractivity (Wildman–Crippen MR) is 148 cm³/mol. The molecule has 2 amide bonds. The summed E-state index contributed by atoms with van der Waals surface area (Å²) in [5, 5.41) is 3.17. The van der Waals surface area contributed by atoms with E-state index in [4.69, 9.17) is 21.1 Å². The van der Waals surface area contributed by atoms with Gasteiger partial charge >= 0.3 is 6.03 Å². The first-order valence-electron chi connectivity index (χ1n) is 11.8. The quantitative estimate of drug-likeness (QED) is 0.268. The van der Waals surface area contributed by atoms with E-state index in [-0.39, 0.29) is 30.0 Å². The molecule has 10 nitrogen and oxygen atoms in total. The van der Waals surface area contributed by atoms with Gasteiger partial charge in [-0.25, -0.2) is 34.1 Å². The van der Waals surface area contributed by atoms with Crippen LogP contribution in [0.15, 0.2) is 36.8 Å². The number of carbonyl (C=O) groups excluding carboxylic acids is 1. The number of hydrogen-bond acceptors (Lipinski definition) is 9. The van der Waals surface area contributed by atoms with Crippen molar-refractivity contribution in [2.75, 3.05) is 32.6 Å². The molecule has 0 spiro atoms. The van der Waals surface area contributed by atoms with Crippen LogP contribution in [-0.2, 0) is 0 Å². The second kappa shape index (κ2) is 10.9. The van der Waals surface area contributed by atoms with Gasteiger partial charge in [0.2, 0.25) is 5.88 Å². The van der Waals surface area contributed by atoms with Gasteiger partial charge in [-0.3, -0.25) is 0 Å². The van der Waals surface area contributed by atoms with Crippen molar-refractivity contribution in [3.8, 4) is 22.2 Å². The number of benzene rings is 2. The number of aromatic nitrogens is 5. The lowest BCUT2D eigenvalue weighted by Crippen LogP contribution is -2.34. The molecule has 0 saturated heterocycles. The molecule has 13 heteroatoms. The highest BCUT2D eigenvalue weighted by molar-refractivity contribution is 7.21. The van der Waals surface area contributed by atoms with Crippen LogP contribution in [0, 0.1) is 19.7 Å². The predicted octanol–water partition coefficient (Wildman–Crippen LogP) is 5.66. The number of halogens is 2. The van der Waals surface area contributed by atoms with Crippen molar-refractivity contribution < 1.29 is 18.7 Å². The summed E-state index contributed by atoms with van der Waals surface area (Å²) >= 11 is 7.71. The number of amides is 2. The molecule has 1 N–H and O–H groups in total. The number of urea groups is 1. The number of nitrogens with zero attached hydrogens (tertiary/aromatic N) is 6. The fourth-order valence-corrected chi connectivity index (χ4v) is 5.10. The van der Waals surface area contributed by atoms with Crippen molar-refractivity contribution in [3.63, 3.8) is 0 Å². The van der Waals surface area contributed by atoms with Crippen LogP contribution in [0.3, 0.4) is 0 Å². The highest BCUT2D eigenvalue weighted by Crippen LogP contribution is 2.40. The minimum Gasteiger partial charge on any atom is -0.489 e. The minimum absolute atomic E-state index is 0.0259. The molecule has 3 aromatic heterocycles. The smallest absolute Gasteiger partial charge is 0.321 e. The maximum atomic E-state index is 15.1. The lowest BCUT2D eigenvalue weighted by Gasteiger charge is -2.18. The van der Waals surface area contributed by atoms with Crippen LogP contribution in [0.1, 0.15) is 11.4 Å². The lowest BCUT2D eigenvalue weighted by atomic mass is 10.1. The van der Waals surface area contributed by atoms with Crippen LogP contribution < -0.4 is 14.8 Å². The molecule has 39 heavy (non-hydrogen) atoms. The van der Waals surface area contributed by atoms with E-state index in [9.17, 15) is 4.79 Å². The summed E-state index contributed by atoms with van der Waals surface area (Å²) in [4.78, 5) is 35.5. The molecule has 0 bridgehead atoms. The van der Waals surface area contributed by atoms with Gasteiger partial charge in [-0.15, -0.1) is 11.3 Å². The van der Waals surface area contributed by atoms with Gasteiger partial charge in [0.1, 0.15) is 28.0 Å². The number of nitrogens with one attached hydrogen (secondary N) is 1. The van der Waals surface area contributed by atoms with Crippen molar-refractivity contribution in [3.05, 3.63) is 59.0 Å². The molecule has 0 unspecified atom stereocenters. The maximum Gasteiger partial charge on any atom is 0.321 e. The number of hydrogen-bond donors (Lipinski definition) is 1. The van der Waals surface area contributed by atoms with Gasteiger partial charge < -0.3 is 19.7 Å². The zero-order valence-corrected chi connectivity index (χ0v) is 23.0. The van der Waals surface area contributed by atoms with Crippen LogP contribution in [-0.4, -0.2) is 63.2 Å². The molecule has 5 rings (SSSR count). The molecule has 0 aliphatic carbocycles. The van der Waals surface area contributed by atoms with E-state index in [0.717, 1.165) is 11.1 Å². The Morgan fingerprint density at radius 1 is 1.10 bits per heavy atom. The van der Waals surface area contributed by atoms with Gasteiger partial charge in [0.25, 0.3) is 0 Å². The Bertz CT molecular complexity index is 1700.